The highest BCUT2D eigenvalue weighted by Crippen LogP contribution is 2.10. The molecule has 0 amide bonds. The van der Waals surface area contributed by atoms with Gasteiger partial charge in [0, 0.05) is 0 Å². The molecule has 0 saturated heterocycles. The zero-order chi connectivity index (χ0) is 12.9. The van der Waals surface area contributed by atoms with Crippen molar-refractivity contribution in [2.75, 3.05) is 13.1 Å². The maximum atomic E-state index is 3.94. The van der Waals surface area contributed by atoms with E-state index in [1.54, 1.807) is 0 Å². The quantitative estimate of drug-likeness (QED) is 0.376. The Bertz CT molecular complexity index is 172. The maximum Gasteiger partial charge on any atom is -0.00258 e. The van der Waals surface area contributed by atoms with Crippen molar-refractivity contribution in [3.05, 3.63) is 12.2 Å². The van der Waals surface area contributed by atoms with Crippen molar-refractivity contribution >= 4 is 0 Å². The van der Waals surface area contributed by atoms with Crippen LogP contribution in [0.3, 0.4) is 0 Å². The van der Waals surface area contributed by atoms with Crippen LogP contribution in [0.25, 0.3) is 0 Å². The average Bonchev–Trinajstić information content (AvgIpc) is 2.25. The highest BCUT2D eigenvalue weighted by molar-refractivity contribution is 4.86. The van der Waals surface area contributed by atoms with Crippen LogP contribution < -0.4 is 5.32 Å². The number of unbranched alkanes of at least 4 members (excludes halogenated alkanes) is 6. The van der Waals surface area contributed by atoms with Gasteiger partial charge in [0.2, 0.25) is 0 Å². The molecule has 1 heteroatoms. The highest BCUT2D eigenvalue weighted by atomic mass is 14.8. The van der Waals surface area contributed by atoms with Crippen LogP contribution in [0.15, 0.2) is 12.2 Å². The van der Waals surface area contributed by atoms with E-state index in [1.807, 2.05) is 0 Å². The van der Waals surface area contributed by atoms with Gasteiger partial charge in [0.15, 0.2) is 0 Å². The zero-order valence-electron chi connectivity index (χ0n) is 12.4. The maximum absolute atomic E-state index is 3.94. The molecule has 0 aromatic carbocycles. The lowest BCUT2D eigenvalue weighted by molar-refractivity contribution is 0.519. The molecule has 0 radical (unpaired) electrons. The summed E-state index contributed by atoms with van der Waals surface area (Å²) in [6.45, 7) is 13.0. The van der Waals surface area contributed by atoms with Gasteiger partial charge >= 0.3 is 0 Å². The van der Waals surface area contributed by atoms with Gasteiger partial charge in [-0.05, 0) is 45.2 Å². The van der Waals surface area contributed by atoms with Crippen molar-refractivity contribution in [3.8, 4) is 0 Å². The summed E-state index contributed by atoms with van der Waals surface area (Å²) in [6, 6.07) is 0. The fraction of sp³-hybridized carbons (Fsp3) is 0.875. The van der Waals surface area contributed by atoms with Crippen LogP contribution in [0, 0.1) is 5.92 Å². The lowest BCUT2D eigenvalue weighted by atomic mass is 10.1. The fourth-order valence-corrected chi connectivity index (χ4v) is 1.95. The molecule has 0 fully saturated rings. The van der Waals surface area contributed by atoms with E-state index in [1.165, 1.54) is 70.0 Å². The van der Waals surface area contributed by atoms with Gasteiger partial charge in [-0.2, -0.15) is 0 Å². The second kappa shape index (κ2) is 12.2. The molecule has 0 aliphatic carbocycles. The summed E-state index contributed by atoms with van der Waals surface area (Å²) >= 11 is 0. The van der Waals surface area contributed by atoms with Crippen molar-refractivity contribution in [3.63, 3.8) is 0 Å². The molecule has 17 heavy (non-hydrogen) atoms. The van der Waals surface area contributed by atoms with Crippen molar-refractivity contribution in [1.82, 2.24) is 5.32 Å². The summed E-state index contributed by atoms with van der Waals surface area (Å²) in [5.74, 6) is 0.781. The van der Waals surface area contributed by atoms with Crippen molar-refractivity contribution < 1.29 is 0 Å². The largest absolute Gasteiger partial charge is 0.316 e. The topological polar surface area (TPSA) is 12.0 Å². The monoisotopic (exact) mass is 239 g/mol. The van der Waals surface area contributed by atoms with Crippen LogP contribution in [-0.4, -0.2) is 13.1 Å². The second-order valence-corrected chi connectivity index (χ2v) is 5.78. The molecule has 0 bridgehead atoms. The van der Waals surface area contributed by atoms with Crippen LogP contribution >= 0.6 is 0 Å². The molecule has 0 spiro atoms. The van der Waals surface area contributed by atoms with Gasteiger partial charge in [-0.3, -0.25) is 0 Å². The summed E-state index contributed by atoms with van der Waals surface area (Å²) in [4.78, 5) is 0. The molecule has 0 unspecified atom stereocenters. The molecule has 0 aromatic rings. The summed E-state index contributed by atoms with van der Waals surface area (Å²) in [7, 11) is 0. The Morgan fingerprint density at radius 2 is 1.47 bits per heavy atom. The highest BCUT2D eigenvalue weighted by Gasteiger charge is 1.94. The van der Waals surface area contributed by atoms with Crippen LogP contribution in [0.4, 0.5) is 0 Å². The van der Waals surface area contributed by atoms with E-state index >= 15 is 0 Å². The molecule has 0 aliphatic heterocycles. The second-order valence-electron chi connectivity index (χ2n) is 5.78. The van der Waals surface area contributed by atoms with E-state index in [0.717, 1.165) is 5.92 Å². The van der Waals surface area contributed by atoms with Crippen LogP contribution in [0.1, 0.15) is 72.1 Å². The van der Waals surface area contributed by atoms with Gasteiger partial charge in [-0.15, -0.1) is 6.58 Å². The summed E-state index contributed by atoms with van der Waals surface area (Å²) in [6.07, 6.45) is 10.9. The van der Waals surface area contributed by atoms with Gasteiger partial charge in [0.05, 0.1) is 0 Å². The Balaban J connectivity index is 2.96. The van der Waals surface area contributed by atoms with E-state index in [2.05, 4.69) is 32.7 Å². The molecule has 0 saturated carbocycles. The minimum Gasteiger partial charge on any atom is -0.316 e. The first-order valence-corrected chi connectivity index (χ1v) is 7.48. The Kier molecular flexibility index (Phi) is 12.0. The third-order valence-corrected chi connectivity index (χ3v) is 3.01. The zero-order valence-corrected chi connectivity index (χ0v) is 12.4. The van der Waals surface area contributed by atoms with Crippen LogP contribution in [-0.2, 0) is 0 Å². The first-order valence-electron chi connectivity index (χ1n) is 7.48. The van der Waals surface area contributed by atoms with Gasteiger partial charge in [-0.1, -0.05) is 51.5 Å². The van der Waals surface area contributed by atoms with E-state index in [9.17, 15) is 0 Å². The first-order chi connectivity index (χ1) is 8.13. The lowest BCUT2D eigenvalue weighted by Gasteiger charge is -2.07. The van der Waals surface area contributed by atoms with E-state index in [4.69, 9.17) is 0 Å². The first kappa shape index (κ1) is 16.7. The predicted molar refractivity (Wildman–Crippen MR) is 79.5 cm³/mol. The number of hydrogen-bond acceptors (Lipinski definition) is 1. The molecular weight excluding hydrogens is 206 g/mol. The van der Waals surface area contributed by atoms with Crippen molar-refractivity contribution in [2.45, 2.75) is 72.1 Å². The van der Waals surface area contributed by atoms with Crippen LogP contribution in [0.5, 0.6) is 0 Å². The van der Waals surface area contributed by atoms with E-state index < -0.39 is 0 Å². The Morgan fingerprint density at radius 1 is 0.941 bits per heavy atom. The predicted octanol–water partition coefficient (Wildman–Crippen LogP) is 4.93. The molecular formula is C16H33N. The SMILES string of the molecule is C=C(C)CCCCCCCCCNCC(C)C. The molecule has 0 atom stereocenters. The Morgan fingerprint density at radius 3 is 2.00 bits per heavy atom. The average molecular weight is 239 g/mol. The fourth-order valence-electron chi connectivity index (χ4n) is 1.95. The summed E-state index contributed by atoms with van der Waals surface area (Å²) in [5, 5.41) is 3.50. The lowest BCUT2D eigenvalue weighted by Crippen LogP contribution is -2.20. The van der Waals surface area contributed by atoms with Crippen molar-refractivity contribution in [2.24, 2.45) is 5.92 Å². The molecule has 0 aromatic heterocycles. The number of allylic oxidation sites excluding steroid dienone is 1. The summed E-state index contributed by atoms with van der Waals surface area (Å²) in [5.41, 5.74) is 1.33. The third kappa shape index (κ3) is 15.7. The number of nitrogens with one attached hydrogen (secondary N) is 1. The molecule has 102 valence electrons. The Hall–Kier alpha value is -0.300. The van der Waals surface area contributed by atoms with Gasteiger partial charge in [-0.25, -0.2) is 0 Å². The smallest absolute Gasteiger partial charge is 0.00258 e. The van der Waals surface area contributed by atoms with E-state index in [0.29, 0.717) is 0 Å². The van der Waals surface area contributed by atoms with Crippen LogP contribution in [0.2, 0.25) is 0 Å². The molecule has 0 aliphatic rings. The van der Waals surface area contributed by atoms with Gasteiger partial charge in [0.1, 0.15) is 0 Å². The molecule has 1 N–H and O–H groups in total. The molecule has 0 heterocycles. The van der Waals surface area contributed by atoms with Crippen molar-refractivity contribution in [1.29, 1.82) is 0 Å². The van der Waals surface area contributed by atoms with Gasteiger partial charge < -0.3 is 5.32 Å². The number of hydrogen-bond donors (Lipinski definition) is 1. The normalized spacial score (nSPS) is 11.1. The minimum absolute atomic E-state index is 0.781. The Labute approximate surface area is 109 Å². The number of rotatable bonds is 12. The standard InChI is InChI=1S/C16H33N/c1-15(2)12-10-8-6-5-7-9-11-13-17-14-16(3)4/h16-17H,1,5-14H2,2-4H3. The third-order valence-electron chi connectivity index (χ3n) is 3.01. The summed E-state index contributed by atoms with van der Waals surface area (Å²) < 4.78 is 0. The molecule has 0 rings (SSSR count). The van der Waals surface area contributed by atoms with Gasteiger partial charge in [0.25, 0.3) is 0 Å². The van der Waals surface area contributed by atoms with E-state index in [-0.39, 0.29) is 0 Å². The molecule has 1 nitrogen and oxygen atoms in total. The minimum atomic E-state index is 0.781.